The van der Waals surface area contributed by atoms with Crippen LogP contribution in [0.15, 0.2) is 53.0 Å². The van der Waals surface area contributed by atoms with Crippen molar-refractivity contribution in [3.63, 3.8) is 0 Å². The molecule has 202 valence electrons. The highest BCUT2D eigenvalue weighted by Gasteiger charge is 2.17. The third-order valence-electron chi connectivity index (χ3n) is 5.61. The molecular formula is C29H32BrClN2O5. The number of hydrogen-bond donors (Lipinski definition) is 2. The molecule has 0 bridgehead atoms. The number of rotatable bonds is 12. The van der Waals surface area contributed by atoms with Crippen LogP contribution in [0.2, 0.25) is 5.02 Å². The summed E-state index contributed by atoms with van der Waals surface area (Å²) in [6.07, 6.45) is 0.748. The highest BCUT2D eigenvalue weighted by molar-refractivity contribution is 9.10. The van der Waals surface area contributed by atoms with Gasteiger partial charge in [-0.25, -0.2) is 0 Å². The monoisotopic (exact) mass is 602 g/mol. The molecule has 0 unspecified atom stereocenters. The predicted molar refractivity (Wildman–Crippen MR) is 155 cm³/mol. The van der Waals surface area contributed by atoms with Crippen LogP contribution in [-0.4, -0.2) is 31.6 Å². The molecule has 38 heavy (non-hydrogen) atoms. The van der Waals surface area contributed by atoms with E-state index in [4.69, 9.17) is 25.8 Å². The second-order valence-electron chi connectivity index (χ2n) is 8.48. The maximum Gasteiger partial charge on any atom is 0.255 e. The molecule has 0 saturated heterocycles. The number of amides is 2. The number of anilines is 2. The van der Waals surface area contributed by atoms with Crippen molar-refractivity contribution in [2.75, 3.05) is 30.5 Å². The van der Waals surface area contributed by atoms with Crippen LogP contribution < -0.4 is 24.8 Å². The van der Waals surface area contributed by atoms with E-state index < -0.39 is 0 Å². The van der Waals surface area contributed by atoms with Crippen LogP contribution in [0.25, 0.3) is 0 Å². The molecule has 9 heteroatoms. The Bertz CT molecular complexity index is 1280. The van der Waals surface area contributed by atoms with Crippen LogP contribution >= 0.6 is 27.5 Å². The predicted octanol–water partition coefficient (Wildman–Crippen LogP) is 7.57. The lowest BCUT2D eigenvalue weighted by atomic mass is 10.1. The zero-order valence-corrected chi connectivity index (χ0v) is 24.3. The van der Waals surface area contributed by atoms with E-state index in [1.165, 1.54) is 0 Å². The van der Waals surface area contributed by atoms with Gasteiger partial charge in [0.05, 0.1) is 35.7 Å². The molecule has 7 nitrogen and oxygen atoms in total. The van der Waals surface area contributed by atoms with Crippen molar-refractivity contribution in [2.45, 2.75) is 40.5 Å². The summed E-state index contributed by atoms with van der Waals surface area (Å²) in [6, 6.07) is 14.1. The normalized spacial score (nSPS) is 10.6. The second-order valence-corrected chi connectivity index (χ2v) is 9.65. The van der Waals surface area contributed by atoms with Crippen molar-refractivity contribution < 1.29 is 23.8 Å². The lowest BCUT2D eigenvalue weighted by molar-refractivity contribution is -0.116. The fourth-order valence-electron chi connectivity index (χ4n) is 3.72. The fraction of sp³-hybridized carbons (Fsp3) is 0.310. The van der Waals surface area contributed by atoms with Crippen LogP contribution in [0.1, 0.15) is 48.2 Å². The van der Waals surface area contributed by atoms with E-state index in [0.717, 1.165) is 15.6 Å². The van der Waals surface area contributed by atoms with Gasteiger partial charge in [0.2, 0.25) is 5.91 Å². The first-order valence-electron chi connectivity index (χ1n) is 12.4. The molecule has 3 rings (SSSR count). The number of benzene rings is 3. The lowest BCUT2D eigenvalue weighted by Gasteiger charge is -2.18. The number of carbonyl (C=O) groups excluding carboxylic acids is 2. The Labute approximate surface area is 236 Å². The molecule has 0 atom stereocenters. The maximum absolute atomic E-state index is 12.8. The summed E-state index contributed by atoms with van der Waals surface area (Å²) in [4.78, 5) is 25.5. The van der Waals surface area contributed by atoms with E-state index in [9.17, 15) is 9.59 Å². The van der Waals surface area contributed by atoms with Crippen molar-refractivity contribution in [3.05, 3.63) is 74.7 Å². The van der Waals surface area contributed by atoms with Gasteiger partial charge in [0.25, 0.3) is 5.91 Å². The summed E-state index contributed by atoms with van der Waals surface area (Å²) in [5, 5.41) is 6.48. The van der Waals surface area contributed by atoms with Gasteiger partial charge in [0.1, 0.15) is 17.2 Å². The molecule has 0 aliphatic rings. The minimum absolute atomic E-state index is 0.194. The van der Waals surface area contributed by atoms with Gasteiger partial charge >= 0.3 is 0 Å². The third-order valence-corrected chi connectivity index (χ3v) is 7.18. The van der Waals surface area contributed by atoms with E-state index in [-0.39, 0.29) is 18.2 Å². The highest BCUT2D eigenvalue weighted by Crippen LogP contribution is 2.38. The quantitative estimate of drug-likeness (QED) is 0.209. The van der Waals surface area contributed by atoms with Crippen LogP contribution in [0.5, 0.6) is 17.2 Å². The van der Waals surface area contributed by atoms with Crippen molar-refractivity contribution in [3.8, 4) is 17.2 Å². The topological polar surface area (TPSA) is 85.9 Å². The Hall–Kier alpha value is -3.23. The minimum Gasteiger partial charge on any atom is -0.492 e. The molecule has 2 amide bonds. The number of aryl methyl sites for hydroxylation is 1. The molecule has 3 aromatic rings. The Morgan fingerprint density at radius 3 is 2.08 bits per heavy atom. The number of nitrogens with one attached hydrogen (secondary N) is 2. The Morgan fingerprint density at radius 1 is 0.868 bits per heavy atom. The lowest BCUT2D eigenvalue weighted by Crippen LogP contribution is -2.16. The summed E-state index contributed by atoms with van der Waals surface area (Å²) in [7, 11) is 0. The van der Waals surface area contributed by atoms with Crippen molar-refractivity contribution in [2.24, 2.45) is 0 Å². The third kappa shape index (κ3) is 7.65. The summed E-state index contributed by atoms with van der Waals surface area (Å²) in [6.45, 7) is 8.66. The van der Waals surface area contributed by atoms with Crippen LogP contribution in [0.4, 0.5) is 11.4 Å². The average Bonchev–Trinajstić information content (AvgIpc) is 2.91. The van der Waals surface area contributed by atoms with Crippen LogP contribution in [0, 0.1) is 13.8 Å². The van der Waals surface area contributed by atoms with Gasteiger partial charge in [0.15, 0.2) is 0 Å². The van der Waals surface area contributed by atoms with E-state index in [0.29, 0.717) is 65.5 Å². The van der Waals surface area contributed by atoms with E-state index in [2.05, 4.69) is 26.6 Å². The highest BCUT2D eigenvalue weighted by atomic mass is 79.9. The first-order valence-corrected chi connectivity index (χ1v) is 13.6. The van der Waals surface area contributed by atoms with Crippen molar-refractivity contribution >= 4 is 50.7 Å². The van der Waals surface area contributed by atoms with Crippen LogP contribution in [0.3, 0.4) is 0 Å². The Morgan fingerprint density at radius 2 is 1.47 bits per heavy atom. The Balaban J connectivity index is 1.68. The molecule has 0 heterocycles. The average molecular weight is 604 g/mol. The van der Waals surface area contributed by atoms with Crippen LogP contribution in [-0.2, 0) is 4.79 Å². The zero-order valence-electron chi connectivity index (χ0n) is 22.0. The summed E-state index contributed by atoms with van der Waals surface area (Å²) < 4.78 is 18.2. The van der Waals surface area contributed by atoms with E-state index in [1.807, 2.05) is 39.8 Å². The molecule has 3 aromatic carbocycles. The molecule has 0 aliphatic heterocycles. The SMILES string of the molecule is CCOc1cc(NC(=O)c2ccccc2)c(OCC)cc1NC(=O)CCCOc1cc(C)c(Cl)c(C)c1Br. The van der Waals surface area contributed by atoms with Gasteiger partial charge < -0.3 is 24.8 Å². The number of carbonyl (C=O) groups is 2. The van der Waals surface area contributed by atoms with Gasteiger partial charge in [-0.05, 0) is 79.4 Å². The van der Waals surface area contributed by atoms with E-state index in [1.54, 1.807) is 36.4 Å². The zero-order chi connectivity index (χ0) is 27.7. The molecule has 0 aromatic heterocycles. The minimum atomic E-state index is -0.275. The van der Waals surface area contributed by atoms with E-state index >= 15 is 0 Å². The smallest absolute Gasteiger partial charge is 0.255 e. The summed E-state index contributed by atoms with van der Waals surface area (Å²) in [5.41, 5.74) is 3.28. The molecule has 0 saturated carbocycles. The maximum atomic E-state index is 12.8. The van der Waals surface area contributed by atoms with Crippen molar-refractivity contribution in [1.82, 2.24) is 0 Å². The van der Waals surface area contributed by atoms with Gasteiger partial charge in [-0.15, -0.1) is 0 Å². The number of halogens is 2. The summed E-state index contributed by atoms with van der Waals surface area (Å²) in [5.74, 6) is 1.08. The first kappa shape index (κ1) is 29.3. The number of hydrogen-bond acceptors (Lipinski definition) is 5. The fourth-order valence-corrected chi connectivity index (χ4v) is 4.41. The second kappa shape index (κ2) is 14.1. The van der Waals surface area contributed by atoms with Crippen molar-refractivity contribution in [1.29, 1.82) is 0 Å². The Kier molecular flexibility index (Phi) is 10.9. The van der Waals surface area contributed by atoms with Gasteiger partial charge in [-0.3, -0.25) is 9.59 Å². The standard InChI is InChI=1S/C29H32BrClN2O5/c1-5-36-23-17-22(33-29(35)20-11-8-7-9-12-20)24(37-6-2)16-21(23)32-26(34)13-10-14-38-25-15-18(3)28(31)19(4)27(25)30/h7-9,11-12,15-17H,5-6,10,13-14H2,1-4H3,(H,32,34)(H,33,35). The molecule has 2 N–H and O–H groups in total. The van der Waals surface area contributed by atoms with Gasteiger partial charge in [-0.1, -0.05) is 29.8 Å². The molecular weight excluding hydrogens is 572 g/mol. The molecule has 0 spiro atoms. The largest absolute Gasteiger partial charge is 0.492 e. The molecule has 0 radical (unpaired) electrons. The summed E-state index contributed by atoms with van der Waals surface area (Å²) >= 11 is 9.81. The van der Waals surface area contributed by atoms with Gasteiger partial charge in [0, 0.05) is 29.1 Å². The number of ether oxygens (including phenoxy) is 3. The van der Waals surface area contributed by atoms with Gasteiger partial charge in [-0.2, -0.15) is 0 Å². The molecule has 0 fully saturated rings. The first-order chi connectivity index (χ1) is 18.2. The molecule has 0 aliphatic carbocycles.